The van der Waals surface area contributed by atoms with E-state index in [2.05, 4.69) is 0 Å². The van der Waals surface area contributed by atoms with Gasteiger partial charge >= 0.3 is 5.97 Å². The number of hydrogen-bond donors (Lipinski definition) is 0. The molecule has 2 aliphatic carbocycles. The summed E-state index contributed by atoms with van der Waals surface area (Å²) in [6.07, 6.45) is 4.76. The zero-order chi connectivity index (χ0) is 18.4. The van der Waals surface area contributed by atoms with Crippen LogP contribution in [0.2, 0.25) is 0 Å². The van der Waals surface area contributed by atoms with Crippen molar-refractivity contribution in [2.75, 3.05) is 13.2 Å². The highest BCUT2D eigenvalue weighted by atomic mass is 19.1. The number of carbonyl (C=O) groups is 4. The molecule has 26 heavy (non-hydrogen) atoms. The van der Waals surface area contributed by atoms with Gasteiger partial charge in [-0.2, -0.15) is 0 Å². The minimum absolute atomic E-state index is 0.0718. The van der Waals surface area contributed by atoms with Crippen molar-refractivity contribution in [2.45, 2.75) is 6.42 Å². The Morgan fingerprint density at radius 1 is 1.04 bits per heavy atom. The molecule has 0 unspecified atom stereocenters. The van der Waals surface area contributed by atoms with Crippen LogP contribution in [0.15, 0.2) is 36.4 Å². The lowest BCUT2D eigenvalue weighted by atomic mass is 9.85. The first-order chi connectivity index (χ1) is 12.5. The Hall–Kier alpha value is -2.83. The number of esters is 1. The molecule has 7 heteroatoms. The normalized spacial score (nSPS) is 28.6. The van der Waals surface area contributed by atoms with Crippen molar-refractivity contribution in [3.8, 4) is 0 Å². The SMILES string of the molecule is O=C(CN1C(=O)[C@@H]2[C@H](C1=O)[C@@H]1C=C[C@H]2C1)OCC(=O)c1ccc(F)cc1. The quantitative estimate of drug-likeness (QED) is 0.344. The molecule has 1 heterocycles. The van der Waals surface area contributed by atoms with Gasteiger partial charge in [0.1, 0.15) is 12.4 Å². The molecule has 4 atom stereocenters. The molecule has 1 saturated heterocycles. The van der Waals surface area contributed by atoms with Crippen molar-refractivity contribution in [2.24, 2.45) is 23.7 Å². The lowest BCUT2D eigenvalue weighted by Gasteiger charge is -2.16. The van der Waals surface area contributed by atoms with Gasteiger partial charge in [-0.25, -0.2) is 4.39 Å². The van der Waals surface area contributed by atoms with Crippen LogP contribution in [0, 0.1) is 29.5 Å². The number of likely N-dealkylation sites (tertiary alicyclic amines) is 1. The number of allylic oxidation sites excluding steroid dienone is 2. The molecule has 1 aromatic rings. The lowest BCUT2D eigenvalue weighted by molar-refractivity contribution is -0.152. The summed E-state index contributed by atoms with van der Waals surface area (Å²) in [4.78, 5) is 49.8. The summed E-state index contributed by atoms with van der Waals surface area (Å²) in [5, 5.41) is 0. The summed E-state index contributed by atoms with van der Waals surface area (Å²) in [7, 11) is 0. The molecule has 134 valence electrons. The number of carbonyl (C=O) groups excluding carboxylic acids is 4. The fourth-order valence-electron chi connectivity index (χ4n) is 4.16. The van der Waals surface area contributed by atoms with Crippen molar-refractivity contribution in [3.05, 3.63) is 47.8 Å². The van der Waals surface area contributed by atoms with E-state index < -0.39 is 30.7 Å². The zero-order valence-electron chi connectivity index (χ0n) is 13.8. The molecule has 0 aromatic heterocycles. The summed E-state index contributed by atoms with van der Waals surface area (Å²) in [5.41, 5.74) is 0.213. The first-order valence-electron chi connectivity index (χ1n) is 8.43. The van der Waals surface area contributed by atoms with Gasteiger partial charge in [0.25, 0.3) is 0 Å². The Balaban J connectivity index is 1.34. The second-order valence-corrected chi connectivity index (χ2v) is 6.85. The van der Waals surface area contributed by atoms with E-state index in [0.717, 1.165) is 23.5 Å². The summed E-state index contributed by atoms with van der Waals surface area (Å²) < 4.78 is 17.7. The highest BCUT2D eigenvalue weighted by Crippen LogP contribution is 2.52. The lowest BCUT2D eigenvalue weighted by Crippen LogP contribution is -2.38. The highest BCUT2D eigenvalue weighted by Gasteiger charge is 2.59. The molecule has 0 N–H and O–H groups in total. The van der Waals surface area contributed by atoms with E-state index in [1.165, 1.54) is 12.1 Å². The minimum Gasteiger partial charge on any atom is -0.456 e. The molecule has 3 aliphatic rings. The van der Waals surface area contributed by atoms with E-state index in [0.29, 0.717) is 0 Å². The smallest absolute Gasteiger partial charge is 0.326 e. The first kappa shape index (κ1) is 16.6. The number of benzene rings is 1. The molecule has 1 aliphatic heterocycles. The van der Waals surface area contributed by atoms with Crippen LogP contribution in [0.25, 0.3) is 0 Å². The Kier molecular flexibility index (Phi) is 3.94. The molecule has 0 spiro atoms. The van der Waals surface area contributed by atoms with Crippen LogP contribution in [-0.2, 0) is 19.1 Å². The number of halogens is 1. The van der Waals surface area contributed by atoms with Gasteiger partial charge in [-0.3, -0.25) is 24.1 Å². The van der Waals surface area contributed by atoms with Crippen LogP contribution < -0.4 is 0 Å². The van der Waals surface area contributed by atoms with Crippen molar-refractivity contribution in [1.82, 2.24) is 4.90 Å². The van der Waals surface area contributed by atoms with Crippen molar-refractivity contribution >= 4 is 23.6 Å². The van der Waals surface area contributed by atoms with E-state index in [9.17, 15) is 23.6 Å². The molecule has 0 radical (unpaired) electrons. The molecular weight excluding hydrogens is 341 g/mol. The maximum atomic E-state index is 12.9. The third kappa shape index (κ3) is 2.64. The van der Waals surface area contributed by atoms with Gasteiger partial charge in [0.2, 0.25) is 11.8 Å². The fraction of sp³-hybridized carbons (Fsp3) is 0.368. The summed E-state index contributed by atoms with van der Waals surface area (Å²) in [6, 6.07) is 4.86. The van der Waals surface area contributed by atoms with Gasteiger partial charge in [0.15, 0.2) is 12.4 Å². The second kappa shape index (κ2) is 6.16. The second-order valence-electron chi connectivity index (χ2n) is 6.85. The molecule has 2 amide bonds. The number of ether oxygens (including phenoxy) is 1. The average molecular weight is 357 g/mol. The third-order valence-corrected chi connectivity index (χ3v) is 5.38. The van der Waals surface area contributed by atoms with Crippen LogP contribution in [-0.4, -0.2) is 41.6 Å². The molecular formula is C19H16FNO5. The molecule has 1 aromatic carbocycles. The third-order valence-electron chi connectivity index (χ3n) is 5.38. The van der Waals surface area contributed by atoms with E-state index in [1.807, 2.05) is 12.2 Å². The van der Waals surface area contributed by atoms with Crippen molar-refractivity contribution < 1.29 is 28.3 Å². The van der Waals surface area contributed by atoms with Crippen molar-refractivity contribution in [1.29, 1.82) is 0 Å². The predicted molar refractivity (Wildman–Crippen MR) is 86.1 cm³/mol. The maximum Gasteiger partial charge on any atom is 0.326 e. The highest BCUT2D eigenvalue weighted by molar-refractivity contribution is 6.08. The van der Waals surface area contributed by atoms with Gasteiger partial charge in [-0.05, 0) is 42.5 Å². The first-order valence-corrected chi connectivity index (χ1v) is 8.43. The van der Waals surface area contributed by atoms with Gasteiger partial charge in [-0.15, -0.1) is 0 Å². The fourth-order valence-corrected chi connectivity index (χ4v) is 4.16. The largest absolute Gasteiger partial charge is 0.456 e. The van der Waals surface area contributed by atoms with E-state index in [-0.39, 0.29) is 41.0 Å². The predicted octanol–water partition coefficient (Wildman–Crippen LogP) is 1.36. The van der Waals surface area contributed by atoms with Crippen LogP contribution in [0.3, 0.4) is 0 Å². The molecule has 1 saturated carbocycles. The number of imide groups is 1. The average Bonchev–Trinajstić information content (AvgIpc) is 3.30. The number of amides is 2. The summed E-state index contributed by atoms with van der Waals surface area (Å²) in [6.45, 7) is -1.01. The Morgan fingerprint density at radius 3 is 2.19 bits per heavy atom. The van der Waals surface area contributed by atoms with Crippen LogP contribution in [0.4, 0.5) is 4.39 Å². The molecule has 4 rings (SSSR count). The van der Waals surface area contributed by atoms with E-state index >= 15 is 0 Å². The van der Waals surface area contributed by atoms with Gasteiger partial charge in [0.05, 0.1) is 11.8 Å². The standard InChI is InChI=1S/C19H16FNO5/c20-13-5-3-10(4-6-13)14(22)9-26-15(23)8-21-18(24)16-11-1-2-12(7-11)17(16)19(21)25/h1-6,11-12,16-17H,7-9H2/t11-,12+,16-,17+. The van der Waals surface area contributed by atoms with Gasteiger partial charge < -0.3 is 4.74 Å². The van der Waals surface area contributed by atoms with E-state index in [1.54, 1.807) is 0 Å². The number of fused-ring (bicyclic) bond motifs is 5. The molecule has 2 fully saturated rings. The van der Waals surface area contributed by atoms with Crippen LogP contribution in [0.5, 0.6) is 0 Å². The van der Waals surface area contributed by atoms with Gasteiger partial charge in [-0.1, -0.05) is 12.2 Å². The van der Waals surface area contributed by atoms with Gasteiger partial charge in [0, 0.05) is 5.56 Å². The molecule has 6 nitrogen and oxygen atoms in total. The maximum absolute atomic E-state index is 12.9. The topological polar surface area (TPSA) is 80.8 Å². The van der Waals surface area contributed by atoms with E-state index in [4.69, 9.17) is 4.74 Å². The Labute approximate surface area is 148 Å². The monoisotopic (exact) mass is 357 g/mol. The number of ketones is 1. The summed E-state index contributed by atoms with van der Waals surface area (Å²) in [5.74, 6) is -3.04. The van der Waals surface area contributed by atoms with Crippen molar-refractivity contribution in [3.63, 3.8) is 0 Å². The van der Waals surface area contributed by atoms with Crippen LogP contribution >= 0.6 is 0 Å². The number of Topliss-reactive ketones (excluding diaryl/α,β-unsaturated/α-hetero) is 1. The minimum atomic E-state index is -0.817. The Bertz CT molecular complexity index is 801. The zero-order valence-corrected chi connectivity index (χ0v) is 13.8. The summed E-state index contributed by atoms with van der Waals surface area (Å²) >= 11 is 0. The Morgan fingerprint density at radius 2 is 1.62 bits per heavy atom. The number of rotatable bonds is 5. The number of hydrogen-bond acceptors (Lipinski definition) is 5. The molecule has 2 bridgehead atoms. The number of nitrogens with zero attached hydrogens (tertiary/aromatic N) is 1. The van der Waals surface area contributed by atoms with Crippen LogP contribution in [0.1, 0.15) is 16.8 Å².